The summed E-state index contributed by atoms with van der Waals surface area (Å²) in [5, 5.41) is 12.0. The van der Waals surface area contributed by atoms with Gasteiger partial charge in [0.2, 0.25) is 5.95 Å². The van der Waals surface area contributed by atoms with Crippen molar-refractivity contribution in [2.75, 3.05) is 12.8 Å². The van der Waals surface area contributed by atoms with Crippen LogP contribution in [-0.2, 0) is 0 Å². The summed E-state index contributed by atoms with van der Waals surface area (Å²) in [4.78, 5) is 4.05. The number of hydrogen-bond donors (Lipinski definition) is 1. The van der Waals surface area contributed by atoms with Crippen molar-refractivity contribution in [2.45, 2.75) is 20.8 Å². The Morgan fingerprint density at radius 3 is 2.64 bits per heavy atom. The Hall–Kier alpha value is -2.76. The number of fused-ring (bicyclic) bond motifs is 1. The van der Waals surface area contributed by atoms with Crippen molar-refractivity contribution in [1.82, 2.24) is 14.6 Å². The highest BCUT2D eigenvalue weighted by Crippen LogP contribution is 2.29. The summed E-state index contributed by atoms with van der Waals surface area (Å²) in [6.07, 6.45) is 3.60. The second kappa shape index (κ2) is 6.80. The van der Waals surface area contributed by atoms with Crippen molar-refractivity contribution in [3.8, 4) is 11.1 Å². The monoisotopic (exact) mass is 296 g/mol. The standard InChI is InChI=1S/C14H14N6.C2H6/c1-9-7-10(3-4-12(9)18-16-2)11-5-6-20-13(11)8-17-14(15)19-20;1-2/h3-8H,1-2H3,(H2,15,19);1-2H3. The first kappa shape index (κ1) is 15.6. The first-order chi connectivity index (χ1) is 10.7. The van der Waals surface area contributed by atoms with E-state index in [1.54, 1.807) is 17.8 Å². The number of aromatic nitrogens is 3. The summed E-state index contributed by atoms with van der Waals surface area (Å²) in [5.41, 5.74) is 10.6. The fourth-order valence-corrected chi connectivity index (χ4v) is 2.20. The molecule has 0 spiro atoms. The maximum Gasteiger partial charge on any atom is 0.238 e. The van der Waals surface area contributed by atoms with E-state index in [1.807, 2.05) is 45.2 Å². The molecule has 0 saturated carbocycles. The summed E-state index contributed by atoms with van der Waals surface area (Å²) >= 11 is 0. The molecule has 114 valence electrons. The molecule has 3 aromatic rings. The van der Waals surface area contributed by atoms with E-state index >= 15 is 0 Å². The first-order valence-corrected chi connectivity index (χ1v) is 7.20. The van der Waals surface area contributed by atoms with Crippen molar-refractivity contribution in [2.24, 2.45) is 10.2 Å². The van der Waals surface area contributed by atoms with Crippen LogP contribution in [0.1, 0.15) is 19.4 Å². The minimum atomic E-state index is 0.259. The largest absolute Gasteiger partial charge is 0.367 e. The zero-order chi connectivity index (χ0) is 16.1. The molecular weight excluding hydrogens is 276 g/mol. The van der Waals surface area contributed by atoms with Crippen LogP contribution in [0, 0.1) is 6.92 Å². The molecule has 0 fully saturated rings. The molecule has 3 rings (SSSR count). The van der Waals surface area contributed by atoms with Gasteiger partial charge in [-0.15, -0.1) is 5.10 Å². The Morgan fingerprint density at radius 1 is 1.18 bits per heavy atom. The van der Waals surface area contributed by atoms with Gasteiger partial charge in [-0.2, -0.15) is 10.2 Å². The van der Waals surface area contributed by atoms with Gasteiger partial charge in [0.1, 0.15) is 0 Å². The molecule has 22 heavy (non-hydrogen) atoms. The number of nitrogens with two attached hydrogens (primary N) is 1. The quantitative estimate of drug-likeness (QED) is 0.725. The summed E-state index contributed by atoms with van der Waals surface area (Å²) in [6.45, 7) is 6.01. The molecule has 2 N–H and O–H groups in total. The molecule has 0 amide bonds. The second-order valence-electron chi connectivity index (χ2n) is 4.48. The number of rotatable bonds is 2. The predicted octanol–water partition coefficient (Wildman–Crippen LogP) is 4.03. The predicted molar refractivity (Wildman–Crippen MR) is 89.4 cm³/mol. The summed E-state index contributed by atoms with van der Waals surface area (Å²) < 4.78 is 1.73. The van der Waals surface area contributed by atoms with Gasteiger partial charge >= 0.3 is 0 Å². The molecule has 0 radical (unpaired) electrons. The SMILES string of the molecule is CC.CN=Nc1ccc(-c2ccn3nc(N)ncc23)cc1C. The van der Waals surface area contributed by atoms with E-state index in [2.05, 4.69) is 26.4 Å². The molecule has 0 aliphatic rings. The molecule has 6 nitrogen and oxygen atoms in total. The van der Waals surface area contributed by atoms with Crippen LogP contribution in [0.3, 0.4) is 0 Å². The molecule has 0 unspecified atom stereocenters. The van der Waals surface area contributed by atoms with Gasteiger partial charge in [-0.3, -0.25) is 0 Å². The van der Waals surface area contributed by atoms with E-state index in [0.29, 0.717) is 0 Å². The van der Waals surface area contributed by atoms with Gasteiger partial charge in [0, 0.05) is 18.8 Å². The van der Waals surface area contributed by atoms with Crippen molar-refractivity contribution >= 4 is 17.2 Å². The molecular formula is C16H20N6. The zero-order valence-electron chi connectivity index (χ0n) is 13.3. The highest BCUT2D eigenvalue weighted by molar-refractivity contribution is 5.81. The van der Waals surface area contributed by atoms with Crippen LogP contribution in [-0.4, -0.2) is 21.6 Å². The second-order valence-corrected chi connectivity index (χ2v) is 4.48. The van der Waals surface area contributed by atoms with Gasteiger partial charge in [-0.25, -0.2) is 9.50 Å². The van der Waals surface area contributed by atoms with Crippen LogP contribution in [0.5, 0.6) is 0 Å². The number of anilines is 1. The Bertz CT molecular complexity index is 804. The van der Waals surface area contributed by atoms with Gasteiger partial charge < -0.3 is 5.73 Å². The van der Waals surface area contributed by atoms with Gasteiger partial charge in [0.05, 0.1) is 17.4 Å². The van der Waals surface area contributed by atoms with Crippen molar-refractivity contribution in [3.05, 3.63) is 42.2 Å². The summed E-state index contributed by atoms with van der Waals surface area (Å²) in [5.74, 6) is 0.259. The third kappa shape index (κ3) is 2.95. The molecule has 0 aliphatic heterocycles. The van der Waals surface area contributed by atoms with Crippen LogP contribution in [0.25, 0.3) is 16.6 Å². The zero-order valence-corrected chi connectivity index (χ0v) is 13.3. The smallest absolute Gasteiger partial charge is 0.238 e. The lowest BCUT2D eigenvalue weighted by atomic mass is 10.0. The van der Waals surface area contributed by atoms with Crippen molar-refractivity contribution in [3.63, 3.8) is 0 Å². The van der Waals surface area contributed by atoms with Crippen LogP contribution < -0.4 is 5.73 Å². The molecule has 0 saturated heterocycles. The van der Waals surface area contributed by atoms with Crippen LogP contribution in [0.2, 0.25) is 0 Å². The highest BCUT2D eigenvalue weighted by Gasteiger charge is 2.08. The van der Waals surface area contributed by atoms with E-state index in [1.165, 1.54) is 0 Å². The van der Waals surface area contributed by atoms with E-state index < -0.39 is 0 Å². The molecule has 0 aliphatic carbocycles. The number of nitrogen functional groups attached to an aromatic ring is 1. The Balaban J connectivity index is 0.000000847. The molecule has 2 heterocycles. The number of nitrogens with zero attached hydrogens (tertiary/aromatic N) is 5. The van der Waals surface area contributed by atoms with E-state index in [-0.39, 0.29) is 5.95 Å². The average molecular weight is 296 g/mol. The molecule has 2 aromatic heterocycles. The summed E-state index contributed by atoms with van der Waals surface area (Å²) in [6, 6.07) is 8.05. The number of hydrogen-bond acceptors (Lipinski definition) is 5. The number of azo groups is 1. The Labute approximate surface area is 129 Å². The molecule has 0 atom stereocenters. The normalized spacial score (nSPS) is 10.7. The van der Waals surface area contributed by atoms with E-state index in [9.17, 15) is 0 Å². The first-order valence-electron chi connectivity index (χ1n) is 7.20. The topological polar surface area (TPSA) is 80.9 Å². The Kier molecular flexibility index (Phi) is 4.83. The molecule has 0 bridgehead atoms. The van der Waals surface area contributed by atoms with Gasteiger partial charge in [-0.1, -0.05) is 19.9 Å². The van der Waals surface area contributed by atoms with Crippen molar-refractivity contribution < 1.29 is 0 Å². The molecule has 6 heteroatoms. The van der Waals surface area contributed by atoms with Crippen LogP contribution in [0.4, 0.5) is 11.6 Å². The minimum Gasteiger partial charge on any atom is -0.367 e. The molecule has 1 aromatic carbocycles. The Morgan fingerprint density at radius 2 is 1.95 bits per heavy atom. The summed E-state index contributed by atoms with van der Waals surface area (Å²) in [7, 11) is 1.66. The maximum absolute atomic E-state index is 5.58. The lowest BCUT2D eigenvalue weighted by molar-refractivity contribution is 0.918. The van der Waals surface area contributed by atoms with Crippen LogP contribution >= 0.6 is 0 Å². The van der Waals surface area contributed by atoms with E-state index in [4.69, 9.17) is 5.73 Å². The van der Waals surface area contributed by atoms with Gasteiger partial charge in [0.15, 0.2) is 0 Å². The third-order valence-electron chi connectivity index (χ3n) is 3.15. The van der Waals surface area contributed by atoms with E-state index in [0.717, 1.165) is 27.9 Å². The fourth-order valence-electron chi connectivity index (χ4n) is 2.20. The maximum atomic E-state index is 5.58. The number of aryl methyl sites for hydroxylation is 1. The fraction of sp³-hybridized carbons (Fsp3) is 0.250. The van der Waals surface area contributed by atoms with Crippen LogP contribution in [0.15, 0.2) is 46.9 Å². The average Bonchev–Trinajstić information content (AvgIpc) is 2.94. The van der Waals surface area contributed by atoms with Gasteiger partial charge in [-0.05, 0) is 36.2 Å². The third-order valence-corrected chi connectivity index (χ3v) is 3.15. The lowest BCUT2D eigenvalue weighted by Gasteiger charge is -2.04. The lowest BCUT2D eigenvalue weighted by Crippen LogP contribution is -1.99. The van der Waals surface area contributed by atoms with Crippen molar-refractivity contribution in [1.29, 1.82) is 0 Å². The van der Waals surface area contributed by atoms with Gasteiger partial charge in [0.25, 0.3) is 0 Å². The number of benzene rings is 1. The highest BCUT2D eigenvalue weighted by atomic mass is 15.3. The minimum absolute atomic E-state index is 0.259.